The summed E-state index contributed by atoms with van der Waals surface area (Å²) in [6.07, 6.45) is 8.84. The molecule has 1 saturated heterocycles. The zero-order valence-electron chi connectivity index (χ0n) is 19.1. The van der Waals surface area contributed by atoms with Crippen LogP contribution in [-0.4, -0.2) is 47.6 Å². The number of pyridine rings is 1. The lowest BCUT2D eigenvalue weighted by Gasteiger charge is -2.28. The van der Waals surface area contributed by atoms with Gasteiger partial charge in [0.1, 0.15) is 39.7 Å². The third-order valence-corrected chi connectivity index (χ3v) is 7.21. The van der Waals surface area contributed by atoms with Gasteiger partial charge in [-0.2, -0.15) is 15.6 Å². The fourth-order valence-electron chi connectivity index (χ4n) is 4.35. The summed E-state index contributed by atoms with van der Waals surface area (Å²) in [5.41, 5.74) is 3.53. The van der Waals surface area contributed by atoms with Crippen LogP contribution in [0.4, 0.5) is 0 Å². The molecule has 0 bridgehead atoms. The molecule has 11 heteroatoms. The van der Waals surface area contributed by atoms with Crippen molar-refractivity contribution in [1.82, 2.24) is 34.5 Å². The second-order valence-corrected chi connectivity index (χ2v) is 9.68. The van der Waals surface area contributed by atoms with Crippen molar-refractivity contribution < 1.29 is 4.74 Å². The van der Waals surface area contributed by atoms with E-state index >= 15 is 0 Å². The predicted octanol–water partition coefficient (Wildman–Crippen LogP) is 3.80. The monoisotopic (exact) mass is 473 g/mol. The van der Waals surface area contributed by atoms with Crippen molar-refractivity contribution in [2.75, 3.05) is 13.1 Å². The lowest BCUT2D eigenvalue weighted by Crippen LogP contribution is -2.31. The molecular weight excluding hydrogens is 450 g/mol. The first-order valence-corrected chi connectivity index (χ1v) is 11.9. The van der Waals surface area contributed by atoms with Gasteiger partial charge in [-0.3, -0.25) is 0 Å². The first-order chi connectivity index (χ1) is 16.5. The van der Waals surface area contributed by atoms with Gasteiger partial charge in [0.15, 0.2) is 6.19 Å². The Balaban J connectivity index is 1.52. The minimum atomic E-state index is -0.290. The number of hydrogen-bond acceptors (Lipinski definition) is 9. The number of piperidine rings is 1. The molecule has 172 valence electrons. The zero-order chi connectivity index (χ0) is 23.8. The van der Waals surface area contributed by atoms with Crippen molar-refractivity contribution >= 4 is 16.9 Å². The van der Waals surface area contributed by atoms with Gasteiger partial charge in [-0.25, -0.2) is 14.2 Å². The summed E-state index contributed by atoms with van der Waals surface area (Å²) in [5.74, 6) is 0.545. The van der Waals surface area contributed by atoms with Gasteiger partial charge in [-0.1, -0.05) is 5.21 Å². The Kier molecular flexibility index (Phi) is 5.64. The number of nitrogens with zero attached hydrogens (tertiary/aromatic N) is 9. The Morgan fingerprint density at radius 1 is 1.21 bits per heavy atom. The Labute approximate surface area is 200 Å². The van der Waals surface area contributed by atoms with E-state index < -0.39 is 0 Å². The summed E-state index contributed by atoms with van der Waals surface area (Å²) in [6, 6.07) is 4.30. The van der Waals surface area contributed by atoms with Crippen LogP contribution in [0.15, 0.2) is 24.7 Å². The van der Waals surface area contributed by atoms with Crippen LogP contribution < -0.4 is 4.74 Å². The van der Waals surface area contributed by atoms with E-state index in [1.807, 2.05) is 43.9 Å². The maximum atomic E-state index is 9.60. The van der Waals surface area contributed by atoms with Gasteiger partial charge in [-0.15, -0.1) is 16.4 Å². The van der Waals surface area contributed by atoms with E-state index in [2.05, 4.69) is 32.7 Å². The van der Waals surface area contributed by atoms with Crippen LogP contribution in [0.5, 0.6) is 5.75 Å². The lowest BCUT2D eigenvalue weighted by molar-refractivity contribution is 0.228. The maximum Gasteiger partial charge on any atom is 0.179 e. The Morgan fingerprint density at radius 2 is 2.00 bits per heavy atom. The molecule has 5 heterocycles. The van der Waals surface area contributed by atoms with Crippen molar-refractivity contribution in [1.29, 1.82) is 10.5 Å². The van der Waals surface area contributed by atoms with Crippen LogP contribution >= 0.6 is 11.3 Å². The average molecular weight is 474 g/mol. The average Bonchev–Trinajstić information content (AvgIpc) is 3.57. The first kappa shape index (κ1) is 21.9. The standard InChI is InChI=1S/C23H23N9OS/c1-14-10-26-23(34-14)16(3)33-20-8-17(12-31-22(20)18(9-24)11-27-31)21-15(2)32(29-28-21)19-4-6-30(13-25)7-5-19/h8,10-12,16,19H,4-7H2,1-3H3. The number of likely N-dealkylation sites (tertiary alicyclic amines) is 1. The normalized spacial score (nSPS) is 15.3. The highest BCUT2D eigenvalue weighted by atomic mass is 32.1. The molecule has 0 radical (unpaired) electrons. The largest absolute Gasteiger partial charge is 0.481 e. The summed E-state index contributed by atoms with van der Waals surface area (Å²) in [6.45, 7) is 7.39. The molecule has 0 N–H and O–H groups in total. The van der Waals surface area contributed by atoms with Crippen LogP contribution in [0.2, 0.25) is 0 Å². The van der Waals surface area contributed by atoms with Crippen molar-refractivity contribution in [2.24, 2.45) is 0 Å². The number of aromatic nitrogens is 6. The Hall–Kier alpha value is -3.96. The molecule has 34 heavy (non-hydrogen) atoms. The lowest BCUT2D eigenvalue weighted by atomic mass is 10.0. The summed E-state index contributed by atoms with van der Waals surface area (Å²) in [5, 5.41) is 32.9. The quantitative estimate of drug-likeness (QED) is 0.401. The van der Waals surface area contributed by atoms with E-state index in [0.717, 1.165) is 52.8 Å². The van der Waals surface area contributed by atoms with E-state index in [1.54, 1.807) is 20.8 Å². The van der Waals surface area contributed by atoms with Crippen molar-refractivity contribution in [3.8, 4) is 29.3 Å². The van der Waals surface area contributed by atoms with Crippen LogP contribution in [-0.2, 0) is 0 Å². The number of hydrogen-bond donors (Lipinski definition) is 0. The second-order valence-electron chi connectivity index (χ2n) is 8.41. The fraction of sp³-hybridized carbons (Fsp3) is 0.391. The molecule has 4 aromatic heterocycles. The zero-order valence-corrected chi connectivity index (χ0v) is 20.0. The highest BCUT2D eigenvalue weighted by molar-refractivity contribution is 7.11. The number of aryl methyl sites for hydroxylation is 1. The van der Waals surface area contributed by atoms with Gasteiger partial charge in [0, 0.05) is 35.9 Å². The highest BCUT2D eigenvalue weighted by Crippen LogP contribution is 2.35. The van der Waals surface area contributed by atoms with Gasteiger partial charge in [-0.05, 0) is 39.7 Å². The molecule has 1 atom stereocenters. The third kappa shape index (κ3) is 3.84. The molecule has 1 unspecified atom stereocenters. The van der Waals surface area contributed by atoms with E-state index in [-0.39, 0.29) is 12.1 Å². The number of rotatable bonds is 5. The summed E-state index contributed by atoms with van der Waals surface area (Å²) in [4.78, 5) is 7.33. The molecule has 0 amide bonds. The number of thiazole rings is 1. The SMILES string of the molecule is Cc1cnc(C(C)Oc2cc(-c3nnn(C4CCN(C#N)CC4)c3C)cn3ncc(C#N)c23)s1. The van der Waals surface area contributed by atoms with Crippen LogP contribution in [0.1, 0.15) is 53.1 Å². The smallest absolute Gasteiger partial charge is 0.179 e. The number of ether oxygens (including phenoxy) is 1. The van der Waals surface area contributed by atoms with Gasteiger partial charge in [0.05, 0.1) is 17.9 Å². The van der Waals surface area contributed by atoms with E-state index in [1.165, 1.54) is 6.20 Å². The van der Waals surface area contributed by atoms with E-state index in [9.17, 15) is 5.26 Å². The van der Waals surface area contributed by atoms with Crippen molar-refractivity contribution in [2.45, 2.75) is 45.8 Å². The summed E-state index contributed by atoms with van der Waals surface area (Å²) >= 11 is 1.58. The predicted molar refractivity (Wildman–Crippen MR) is 125 cm³/mol. The summed E-state index contributed by atoms with van der Waals surface area (Å²) in [7, 11) is 0. The number of nitriles is 2. The first-order valence-electron chi connectivity index (χ1n) is 11.1. The molecule has 5 rings (SSSR count). The summed E-state index contributed by atoms with van der Waals surface area (Å²) < 4.78 is 9.94. The minimum Gasteiger partial charge on any atom is -0.481 e. The molecule has 0 aromatic carbocycles. The number of fused-ring (bicyclic) bond motifs is 1. The molecule has 1 aliphatic rings. The molecule has 1 aliphatic heterocycles. The van der Waals surface area contributed by atoms with E-state index in [0.29, 0.717) is 16.8 Å². The fourth-order valence-corrected chi connectivity index (χ4v) is 5.11. The van der Waals surface area contributed by atoms with Crippen LogP contribution in [0, 0.1) is 36.6 Å². The molecule has 4 aromatic rings. The third-order valence-electron chi connectivity index (χ3n) is 6.14. The van der Waals surface area contributed by atoms with Crippen LogP contribution in [0.25, 0.3) is 16.8 Å². The van der Waals surface area contributed by atoms with Crippen molar-refractivity contribution in [3.63, 3.8) is 0 Å². The topological polar surface area (TPSA) is 121 Å². The van der Waals surface area contributed by atoms with Gasteiger partial charge in [0.2, 0.25) is 0 Å². The van der Waals surface area contributed by atoms with Crippen molar-refractivity contribution in [3.05, 3.63) is 45.8 Å². The second kappa shape index (κ2) is 8.76. The Morgan fingerprint density at radius 3 is 2.68 bits per heavy atom. The molecule has 0 aliphatic carbocycles. The Bertz CT molecular complexity index is 1430. The van der Waals surface area contributed by atoms with Gasteiger partial charge in [0.25, 0.3) is 0 Å². The van der Waals surface area contributed by atoms with Crippen LogP contribution in [0.3, 0.4) is 0 Å². The molecular formula is C23H23N9OS. The van der Waals surface area contributed by atoms with E-state index in [4.69, 9.17) is 10.00 Å². The van der Waals surface area contributed by atoms with Gasteiger partial charge >= 0.3 is 0 Å². The molecule has 1 fully saturated rings. The maximum absolute atomic E-state index is 9.60. The highest BCUT2D eigenvalue weighted by Gasteiger charge is 2.25. The molecule has 10 nitrogen and oxygen atoms in total. The molecule has 0 saturated carbocycles. The minimum absolute atomic E-state index is 0.202. The van der Waals surface area contributed by atoms with Gasteiger partial charge < -0.3 is 9.64 Å². The molecule has 0 spiro atoms.